The smallest absolute Gasteiger partial charge is 0.201 e. The Labute approximate surface area is 89.3 Å². The van der Waals surface area contributed by atoms with Crippen molar-refractivity contribution >= 4 is 6.29 Å². The zero-order valence-corrected chi connectivity index (χ0v) is 9.85. The lowest BCUT2D eigenvalue weighted by molar-refractivity contribution is 0.457. The Balaban J connectivity index is 3.33. The third-order valence-electron chi connectivity index (χ3n) is 2.73. The zero-order chi connectivity index (χ0) is 10.6. The molecule has 0 aromatic rings. The van der Waals surface area contributed by atoms with E-state index < -0.39 is 0 Å². The topological polar surface area (TPSA) is 17.1 Å². The minimum absolute atomic E-state index is 0.221. The predicted octanol–water partition coefficient (Wildman–Crippen LogP) is 4.26. The highest BCUT2D eigenvalue weighted by Crippen LogP contribution is 2.15. The van der Waals surface area contributed by atoms with Crippen LogP contribution >= 0.6 is 0 Å². The van der Waals surface area contributed by atoms with E-state index in [4.69, 9.17) is 0 Å². The van der Waals surface area contributed by atoms with E-state index in [0.717, 1.165) is 12.8 Å². The predicted molar refractivity (Wildman–Crippen MR) is 62.1 cm³/mol. The summed E-state index contributed by atoms with van der Waals surface area (Å²) in [5, 5.41) is 0. The van der Waals surface area contributed by atoms with Gasteiger partial charge in [0.1, 0.15) is 0 Å². The van der Waals surface area contributed by atoms with E-state index in [1.54, 1.807) is 0 Å². The van der Waals surface area contributed by atoms with Gasteiger partial charge in [0.15, 0.2) is 0 Å². The highest BCUT2D eigenvalue weighted by Gasteiger charge is 2.07. The fourth-order valence-electron chi connectivity index (χ4n) is 1.72. The molecule has 0 aromatic carbocycles. The second-order valence-electron chi connectivity index (χ2n) is 4.16. The molecular formula is C13H25O. The third kappa shape index (κ3) is 8.28. The van der Waals surface area contributed by atoms with E-state index >= 15 is 0 Å². The molecule has 0 saturated heterocycles. The van der Waals surface area contributed by atoms with Gasteiger partial charge in [0.25, 0.3) is 0 Å². The van der Waals surface area contributed by atoms with Crippen LogP contribution in [0.2, 0.25) is 0 Å². The Morgan fingerprint density at radius 2 is 1.36 bits per heavy atom. The van der Waals surface area contributed by atoms with Gasteiger partial charge in [-0.3, -0.25) is 4.79 Å². The molecular weight excluding hydrogens is 172 g/mol. The van der Waals surface area contributed by atoms with E-state index in [1.807, 2.05) is 0 Å². The van der Waals surface area contributed by atoms with Crippen molar-refractivity contribution in [2.45, 2.75) is 71.6 Å². The Kier molecular flexibility index (Phi) is 10.5. The third-order valence-corrected chi connectivity index (χ3v) is 2.73. The quantitative estimate of drug-likeness (QED) is 0.478. The summed E-state index contributed by atoms with van der Waals surface area (Å²) < 4.78 is 0. The van der Waals surface area contributed by atoms with Gasteiger partial charge in [0.05, 0.1) is 0 Å². The zero-order valence-electron chi connectivity index (χ0n) is 9.85. The highest BCUT2D eigenvalue weighted by molar-refractivity contribution is 5.54. The van der Waals surface area contributed by atoms with Crippen molar-refractivity contribution in [2.24, 2.45) is 5.92 Å². The van der Waals surface area contributed by atoms with Gasteiger partial charge in [-0.2, -0.15) is 0 Å². The van der Waals surface area contributed by atoms with E-state index in [2.05, 4.69) is 20.1 Å². The van der Waals surface area contributed by atoms with Gasteiger partial charge in [-0.15, -0.1) is 0 Å². The average molecular weight is 197 g/mol. The molecule has 1 nitrogen and oxygen atoms in total. The van der Waals surface area contributed by atoms with E-state index in [-0.39, 0.29) is 5.92 Å². The normalized spacial score (nSPS) is 12.7. The van der Waals surface area contributed by atoms with Crippen molar-refractivity contribution in [2.75, 3.05) is 0 Å². The minimum atomic E-state index is 0.221. The van der Waals surface area contributed by atoms with Gasteiger partial charge in [-0.05, 0) is 12.8 Å². The lowest BCUT2D eigenvalue weighted by Crippen LogP contribution is -2.01. The maximum atomic E-state index is 10.6. The van der Waals surface area contributed by atoms with Crippen molar-refractivity contribution in [1.82, 2.24) is 0 Å². The van der Waals surface area contributed by atoms with Gasteiger partial charge in [-0.25, -0.2) is 0 Å². The van der Waals surface area contributed by atoms with Crippen LogP contribution in [0, 0.1) is 5.92 Å². The molecule has 0 N–H and O–H groups in total. The first-order chi connectivity index (χ1) is 6.85. The SMILES string of the molecule is CCCCCCC([C]=O)CCCCC. The highest BCUT2D eigenvalue weighted by atomic mass is 16.1. The number of carbonyl (C=O) groups excluding carboxylic acids is 1. The standard InChI is InChI=1S/C13H25O/c1-3-5-7-9-11-13(12-14)10-8-6-4-2/h13H,3-11H2,1-2H3. The molecule has 1 unspecified atom stereocenters. The molecule has 0 aliphatic carbocycles. The fraction of sp³-hybridized carbons (Fsp3) is 0.923. The molecule has 0 aliphatic heterocycles. The van der Waals surface area contributed by atoms with Crippen molar-refractivity contribution < 1.29 is 4.79 Å². The summed E-state index contributed by atoms with van der Waals surface area (Å²) in [5.41, 5.74) is 0. The van der Waals surface area contributed by atoms with Gasteiger partial charge in [0, 0.05) is 5.92 Å². The second kappa shape index (κ2) is 10.7. The van der Waals surface area contributed by atoms with Crippen LogP contribution in [0.1, 0.15) is 71.6 Å². The molecule has 1 atom stereocenters. The van der Waals surface area contributed by atoms with Gasteiger partial charge in [0.2, 0.25) is 6.29 Å². The van der Waals surface area contributed by atoms with Crippen LogP contribution in [0.5, 0.6) is 0 Å². The van der Waals surface area contributed by atoms with Crippen LogP contribution < -0.4 is 0 Å². The Morgan fingerprint density at radius 3 is 1.86 bits per heavy atom. The van der Waals surface area contributed by atoms with Gasteiger partial charge >= 0.3 is 0 Å². The van der Waals surface area contributed by atoms with E-state index in [0.29, 0.717) is 0 Å². The van der Waals surface area contributed by atoms with Crippen LogP contribution in [0.15, 0.2) is 0 Å². The Morgan fingerprint density at radius 1 is 0.857 bits per heavy atom. The molecule has 0 fully saturated rings. The fourth-order valence-corrected chi connectivity index (χ4v) is 1.72. The molecule has 0 amide bonds. The molecule has 0 aromatic heterocycles. The maximum absolute atomic E-state index is 10.6. The van der Waals surface area contributed by atoms with Crippen molar-refractivity contribution in [3.63, 3.8) is 0 Å². The first-order valence-corrected chi connectivity index (χ1v) is 6.22. The van der Waals surface area contributed by atoms with Crippen molar-refractivity contribution in [3.8, 4) is 0 Å². The second-order valence-corrected chi connectivity index (χ2v) is 4.16. The summed E-state index contributed by atoms with van der Waals surface area (Å²) in [6.07, 6.45) is 13.1. The molecule has 0 bridgehead atoms. The summed E-state index contributed by atoms with van der Waals surface area (Å²) >= 11 is 0. The summed E-state index contributed by atoms with van der Waals surface area (Å²) in [6, 6.07) is 0. The van der Waals surface area contributed by atoms with Crippen molar-refractivity contribution in [1.29, 1.82) is 0 Å². The largest absolute Gasteiger partial charge is 0.291 e. The lowest BCUT2D eigenvalue weighted by Gasteiger charge is -2.08. The van der Waals surface area contributed by atoms with E-state index in [1.165, 1.54) is 44.9 Å². The first-order valence-electron chi connectivity index (χ1n) is 6.22. The molecule has 1 radical (unpaired) electrons. The molecule has 0 rings (SSSR count). The molecule has 83 valence electrons. The summed E-state index contributed by atoms with van der Waals surface area (Å²) in [7, 11) is 0. The molecule has 0 heterocycles. The Hall–Kier alpha value is -0.330. The molecule has 0 spiro atoms. The Bertz CT molecular complexity index is 120. The number of hydrogen-bond donors (Lipinski definition) is 0. The average Bonchev–Trinajstić information content (AvgIpc) is 2.22. The van der Waals surface area contributed by atoms with Crippen LogP contribution in [-0.4, -0.2) is 6.29 Å². The molecule has 0 saturated carbocycles. The maximum Gasteiger partial charge on any atom is 0.201 e. The van der Waals surface area contributed by atoms with Crippen molar-refractivity contribution in [3.05, 3.63) is 0 Å². The molecule has 14 heavy (non-hydrogen) atoms. The van der Waals surface area contributed by atoms with Crippen LogP contribution in [0.3, 0.4) is 0 Å². The minimum Gasteiger partial charge on any atom is -0.291 e. The lowest BCUT2D eigenvalue weighted by atomic mass is 9.96. The number of rotatable bonds is 10. The van der Waals surface area contributed by atoms with Crippen LogP contribution in [0.25, 0.3) is 0 Å². The molecule has 1 heteroatoms. The summed E-state index contributed by atoms with van der Waals surface area (Å²) in [4.78, 5) is 10.6. The molecule has 0 aliphatic rings. The first kappa shape index (κ1) is 13.7. The number of unbranched alkanes of at least 4 members (excludes halogenated alkanes) is 5. The van der Waals surface area contributed by atoms with Gasteiger partial charge in [-0.1, -0.05) is 58.8 Å². The number of hydrogen-bond acceptors (Lipinski definition) is 1. The summed E-state index contributed by atoms with van der Waals surface area (Å²) in [5.74, 6) is 0.221. The van der Waals surface area contributed by atoms with Gasteiger partial charge < -0.3 is 0 Å². The monoisotopic (exact) mass is 197 g/mol. The van der Waals surface area contributed by atoms with Crippen LogP contribution in [0.4, 0.5) is 0 Å². The summed E-state index contributed by atoms with van der Waals surface area (Å²) in [6.45, 7) is 4.41. The van der Waals surface area contributed by atoms with Crippen LogP contribution in [-0.2, 0) is 4.79 Å². The van der Waals surface area contributed by atoms with E-state index in [9.17, 15) is 4.79 Å².